The number of imidazole rings is 1. The molecule has 0 aromatic carbocycles. The summed E-state index contributed by atoms with van der Waals surface area (Å²) in [5.74, 6) is 1.55. The van der Waals surface area contributed by atoms with Gasteiger partial charge in [-0.2, -0.15) is 4.98 Å². The van der Waals surface area contributed by atoms with E-state index in [1.807, 2.05) is 47.9 Å². The summed E-state index contributed by atoms with van der Waals surface area (Å²) in [7, 11) is 0. The number of pyridine rings is 2. The molecule has 0 spiro atoms. The monoisotopic (exact) mass is 273 g/mol. The third-order valence-electron chi connectivity index (χ3n) is 2.88. The van der Waals surface area contributed by atoms with Crippen LogP contribution in [0.15, 0.2) is 42.7 Å². The molecule has 0 saturated heterocycles. The molecule has 0 atom stereocenters. The summed E-state index contributed by atoms with van der Waals surface area (Å²) >= 11 is 6.00. The van der Waals surface area contributed by atoms with E-state index in [-0.39, 0.29) is 0 Å². The number of hydrogen-bond acceptors (Lipinski definition) is 3. The van der Waals surface area contributed by atoms with E-state index in [1.54, 1.807) is 6.20 Å². The molecule has 0 aliphatic rings. The van der Waals surface area contributed by atoms with E-state index in [9.17, 15) is 0 Å². The molecule has 3 rings (SSSR count). The van der Waals surface area contributed by atoms with Crippen LogP contribution in [0, 0.1) is 6.92 Å². The van der Waals surface area contributed by atoms with Gasteiger partial charge in [0, 0.05) is 12.4 Å². The lowest BCUT2D eigenvalue weighted by Crippen LogP contribution is -1.94. The lowest BCUT2D eigenvalue weighted by molar-refractivity contribution is 0.455. The van der Waals surface area contributed by atoms with Crippen LogP contribution in [0.4, 0.5) is 0 Å². The van der Waals surface area contributed by atoms with Crippen LogP contribution in [0.25, 0.3) is 5.65 Å². The molecular weight excluding hydrogens is 262 g/mol. The zero-order valence-corrected chi connectivity index (χ0v) is 11.1. The third kappa shape index (κ3) is 2.15. The zero-order chi connectivity index (χ0) is 13.2. The minimum Gasteiger partial charge on any atom is -0.435 e. The molecule has 0 unspecified atom stereocenters. The predicted molar refractivity (Wildman–Crippen MR) is 73.8 cm³/mol. The zero-order valence-electron chi connectivity index (χ0n) is 10.4. The lowest BCUT2D eigenvalue weighted by atomic mass is 10.3. The van der Waals surface area contributed by atoms with Crippen molar-refractivity contribution in [3.05, 3.63) is 54.1 Å². The number of nitrogens with zero attached hydrogens (tertiary/aromatic N) is 3. The maximum Gasteiger partial charge on any atom is 0.242 e. The van der Waals surface area contributed by atoms with Gasteiger partial charge in [-0.1, -0.05) is 6.07 Å². The highest BCUT2D eigenvalue weighted by Gasteiger charge is 2.13. The van der Waals surface area contributed by atoms with Gasteiger partial charge in [0.25, 0.3) is 0 Å². The number of aromatic nitrogens is 3. The molecule has 3 heterocycles. The number of rotatable bonds is 3. The number of fused-ring (bicyclic) bond motifs is 1. The van der Waals surface area contributed by atoms with Crippen molar-refractivity contribution in [3.8, 4) is 11.6 Å². The van der Waals surface area contributed by atoms with Gasteiger partial charge in [0.15, 0.2) is 5.75 Å². The molecular formula is C14H12ClN3O. The lowest BCUT2D eigenvalue weighted by Gasteiger charge is -2.06. The maximum atomic E-state index is 6.00. The smallest absolute Gasteiger partial charge is 0.242 e. The summed E-state index contributed by atoms with van der Waals surface area (Å²) < 4.78 is 7.76. The Morgan fingerprint density at radius 2 is 2.16 bits per heavy atom. The third-order valence-corrected chi connectivity index (χ3v) is 3.14. The maximum absolute atomic E-state index is 6.00. The standard InChI is InChI=1S/C14H12ClN3O/c1-10-12(5-4-7-16-10)19-14-11(9-15)18-8-3-2-6-13(18)17-14/h2-8H,9H2,1H3. The highest BCUT2D eigenvalue weighted by molar-refractivity contribution is 6.17. The molecule has 0 amide bonds. The minimum atomic E-state index is 0.333. The Kier molecular flexibility index (Phi) is 3.09. The summed E-state index contributed by atoms with van der Waals surface area (Å²) in [5.41, 5.74) is 2.47. The largest absolute Gasteiger partial charge is 0.435 e. The Hall–Kier alpha value is -2.07. The fourth-order valence-electron chi connectivity index (χ4n) is 1.91. The highest BCUT2D eigenvalue weighted by Crippen LogP contribution is 2.28. The Labute approximate surface area is 115 Å². The van der Waals surface area contributed by atoms with E-state index in [1.165, 1.54) is 0 Å². The second-order valence-electron chi connectivity index (χ2n) is 4.12. The number of hydrogen-bond donors (Lipinski definition) is 0. The first-order valence-corrected chi connectivity index (χ1v) is 6.44. The number of aryl methyl sites for hydroxylation is 1. The van der Waals surface area contributed by atoms with E-state index in [0.29, 0.717) is 17.5 Å². The van der Waals surface area contributed by atoms with E-state index in [0.717, 1.165) is 17.0 Å². The van der Waals surface area contributed by atoms with Crippen LogP contribution >= 0.6 is 11.6 Å². The normalized spacial score (nSPS) is 10.8. The topological polar surface area (TPSA) is 39.4 Å². The molecule has 0 fully saturated rings. The molecule has 0 saturated carbocycles. The summed E-state index contributed by atoms with van der Waals surface area (Å²) in [6, 6.07) is 9.48. The first-order valence-electron chi connectivity index (χ1n) is 5.91. The van der Waals surface area contributed by atoms with Crippen molar-refractivity contribution in [1.29, 1.82) is 0 Å². The fourth-order valence-corrected chi connectivity index (χ4v) is 2.15. The van der Waals surface area contributed by atoms with Crippen LogP contribution in [0.3, 0.4) is 0 Å². The summed E-state index contributed by atoms with van der Waals surface area (Å²) in [6.45, 7) is 1.89. The van der Waals surface area contributed by atoms with Crippen LogP contribution in [0.5, 0.6) is 11.6 Å². The minimum absolute atomic E-state index is 0.333. The quantitative estimate of drug-likeness (QED) is 0.685. The average Bonchev–Trinajstić information content (AvgIpc) is 2.78. The van der Waals surface area contributed by atoms with Gasteiger partial charge in [-0.15, -0.1) is 11.6 Å². The summed E-state index contributed by atoms with van der Waals surface area (Å²) in [5, 5.41) is 0. The molecule has 0 bridgehead atoms. The van der Waals surface area contributed by atoms with Crippen molar-refractivity contribution in [2.75, 3.05) is 0 Å². The molecule has 4 nitrogen and oxygen atoms in total. The van der Waals surface area contributed by atoms with E-state index < -0.39 is 0 Å². The van der Waals surface area contributed by atoms with Crippen LogP contribution in [-0.4, -0.2) is 14.4 Å². The number of alkyl halides is 1. The molecule has 3 aromatic heterocycles. The van der Waals surface area contributed by atoms with Gasteiger partial charge >= 0.3 is 0 Å². The Morgan fingerprint density at radius 1 is 1.26 bits per heavy atom. The van der Waals surface area contributed by atoms with Gasteiger partial charge in [-0.3, -0.25) is 9.38 Å². The van der Waals surface area contributed by atoms with Crippen molar-refractivity contribution in [1.82, 2.24) is 14.4 Å². The van der Waals surface area contributed by atoms with Crippen LogP contribution in [0.2, 0.25) is 0 Å². The molecule has 96 valence electrons. The Balaban J connectivity index is 2.08. The van der Waals surface area contributed by atoms with Crippen molar-refractivity contribution in [2.24, 2.45) is 0 Å². The van der Waals surface area contributed by atoms with Crippen molar-refractivity contribution in [3.63, 3.8) is 0 Å². The van der Waals surface area contributed by atoms with Crippen LogP contribution < -0.4 is 4.74 Å². The first-order chi connectivity index (χ1) is 9.29. The van der Waals surface area contributed by atoms with Gasteiger partial charge in [0.1, 0.15) is 11.3 Å². The Morgan fingerprint density at radius 3 is 2.95 bits per heavy atom. The molecule has 5 heteroatoms. The van der Waals surface area contributed by atoms with E-state index in [4.69, 9.17) is 16.3 Å². The van der Waals surface area contributed by atoms with Crippen molar-refractivity contribution < 1.29 is 4.74 Å². The second kappa shape index (κ2) is 4.90. The average molecular weight is 274 g/mol. The summed E-state index contributed by atoms with van der Waals surface area (Å²) in [6.07, 6.45) is 3.65. The molecule has 0 aliphatic heterocycles. The second-order valence-corrected chi connectivity index (χ2v) is 4.38. The van der Waals surface area contributed by atoms with Crippen LogP contribution in [-0.2, 0) is 5.88 Å². The predicted octanol–water partition coefficient (Wildman–Crippen LogP) is 3.57. The van der Waals surface area contributed by atoms with Gasteiger partial charge in [-0.05, 0) is 31.2 Å². The summed E-state index contributed by atoms with van der Waals surface area (Å²) in [4.78, 5) is 8.64. The van der Waals surface area contributed by atoms with E-state index >= 15 is 0 Å². The number of halogens is 1. The molecule has 0 N–H and O–H groups in total. The van der Waals surface area contributed by atoms with Crippen molar-refractivity contribution in [2.45, 2.75) is 12.8 Å². The van der Waals surface area contributed by atoms with Gasteiger partial charge in [-0.25, -0.2) is 0 Å². The Bertz CT molecular complexity index is 724. The highest BCUT2D eigenvalue weighted by atomic mass is 35.5. The first kappa shape index (κ1) is 12.0. The molecule has 3 aromatic rings. The van der Waals surface area contributed by atoms with Crippen LogP contribution in [0.1, 0.15) is 11.4 Å². The molecule has 19 heavy (non-hydrogen) atoms. The van der Waals surface area contributed by atoms with Crippen molar-refractivity contribution >= 4 is 17.2 Å². The van der Waals surface area contributed by atoms with Gasteiger partial charge in [0.2, 0.25) is 5.88 Å². The fraction of sp³-hybridized carbons (Fsp3) is 0.143. The van der Waals surface area contributed by atoms with Gasteiger partial charge in [0.05, 0.1) is 11.6 Å². The molecule has 0 radical (unpaired) electrons. The van der Waals surface area contributed by atoms with E-state index in [2.05, 4.69) is 9.97 Å². The van der Waals surface area contributed by atoms with Gasteiger partial charge < -0.3 is 4.74 Å². The molecule has 0 aliphatic carbocycles. The number of ether oxygens (including phenoxy) is 1. The SMILES string of the molecule is Cc1ncccc1Oc1nc2ccccn2c1CCl.